The smallest absolute Gasteiger partial charge is 0.239 e. The van der Waals surface area contributed by atoms with E-state index in [0.29, 0.717) is 11.8 Å². The summed E-state index contributed by atoms with van der Waals surface area (Å²) in [5.74, 6) is 1.74. The number of aliphatic imine (C=N–C) groups is 1. The molecule has 0 radical (unpaired) electrons. The maximum absolute atomic E-state index is 12.7. The molecule has 2 aliphatic heterocycles. The van der Waals surface area contributed by atoms with Crippen molar-refractivity contribution in [1.29, 1.82) is 0 Å². The number of nitrogens with one attached hydrogen (secondary N) is 1. The molecule has 1 N–H and O–H groups in total. The van der Waals surface area contributed by atoms with Crippen LogP contribution in [0.4, 0.5) is 0 Å². The average Bonchev–Trinajstić information content (AvgIpc) is 3.44. The van der Waals surface area contributed by atoms with Crippen molar-refractivity contribution < 1.29 is 4.79 Å². The van der Waals surface area contributed by atoms with Crippen molar-refractivity contribution in [1.82, 2.24) is 20.0 Å². The molecule has 164 valence electrons. The van der Waals surface area contributed by atoms with Crippen LogP contribution in [0.5, 0.6) is 0 Å². The Morgan fingerprint density at radius 1 is 1.14 bits per heavy atom. The summed E-state index contributed by atoms with van der Waals surface area (Å²) in [6.45, 7) is 13.6. The van der Waals surface area contributed by atoms with Gasteiger partial charge < -0.3 is 15.1 Å². The number of guanidine groups is 1. The third-order valence-electron chi connectivity index (χ3n) is 5.82. The minimum atomic E-state index is -0.0152. The van der Waals surface area contributed by atoms with Gasteiger partial charge >= 0.3 is 0 Å². The first-order valence-corrected chi connectivity index (χ1v) is 11.6. The Bertz CT molecular complexity index is 640. The van der Waals surface area contributed by atoms with Gasteiger partial charge in [0.05, 0.1) is 12.6 Å². The predicted octanol–water partition coefficient (Wildman–Crippen LogP) is 3.06. The number of halogens is 1. The summed E-state index contributed by atoms with van der Waals surface area (Å²) in [5.41, 5.74) is 0. The highest BCUT2D eigenvalue weighted by molar-refractivity contribution is 14.0. The van der Waals surface area contributed by atoms with Crippen molar-refractivity contribution in [3.8, 4) is 0 Å². The lowest BCUT2D eigenvalue weighted by Crippen LogP contribution is -2.57. The van der Waals surface area contributed by atoms with Crippen LogP contribution in [0.1, 0.15) is 44.4 Å². The summed E-state index contributed by atoms with van der Waals surface area (Å²) in [6, 6.07) is 4.28. The molecule has 3 heterocycles. The number of rotatable bonds is 6. The maximum atomic E-state index is 12.7. The molecule has 0 bridgehead atoms. The molecule has 3 rings (SSSR count). The van der Waals surface area contributed by atoms with E-state index in [2.05, 4.69) is 53.4 Å². The molecule has 2 saturated heterocycles. The molecule has 8 heteroatoms. The van der Waals surface area contributed by atoms with Crippen molar-refractivity contribution in [2.24, 2.45) is 4.99 Å². The quantitative estimate of drug-likeness (QED) is 0.347. The van der Waals surface area contributed by atoms with E-state index >= 15 is 0 Å². The summed E-state index contributed by atoms with van der Waals surface area (Å²) in [4.78, 5) is 25.7. The highest BCUT2D eigenvalue weighted by Gasteiger charge is 2.30. The van der Waals surface area contributed by atoms with E-state index < -0.39 is 0 Å². The number of amides is 1. The van der Waals surface area contributed by atoms with E-state index in [1.54, 1.807) is 11.3 Å². The van der Waals surface area contributed by atoms with Gasteiger partial charge in [-0.15, -0.1) is 35.3 Å². The largest absolute Gasteiger partial charge is 0.357 e. The van der Waals surface area contributed by atoms with E-state index in [1.807, 2.05) is 4.90 Å². The standard InChI is InChI=1S/C21H35N5OS.HI/c1-4-22-21(23-16-17(2)19-8-7-15-28-19)26-13-11-24(12-14-26)18(3)20(27)25-9-5-6-10-25;/h7-8,15,17-18H,4-6,9-14,16H2,1-3H3,(H,22,23);1H. The highest BCUT2D eigenvalue weighted by atomic mass is 127. The van der Waals surface area contributed by atoms with Crippen LogP contribution in [0.3, 0.4) is 0 Å². The Balaban J connectivity index is 0.00000300. The molecule has 0 aromatic carbocycles. The molecule has 2 aliphatic rings. The highest BCUT2D eigenvalue weighted by Crippen LogP contribution is 2.21. The zero-order valence-corrected chi connectivity index (χ0v) is 21.1. The van der Waals surface area contributed by atoms with Crippen LogP contribution in [0.25, 0.3) is 0 Å². The summed E-state index contributed by atoms with van der Waals surface area (Å²) >= 11 is 1.80. The van der Waals surface area contributed by atoms with Crippen LogP contribution in [-0.2, 0) is 4.79 Å². The number of carbonyl (C=O) groups excluding carboxylic acids is 1. The topological polar surface area (TPSA) is 51.2 Å². The van der Waals surface area contributed by atoms with Gasteiger partial charge in [-0.05, 0) is 38.1 Å². The lowest BCUT2D eigenvalue weighted by Gasteiger charge is -2.39. The van der Waals surface area contributed by atoms with Gasteiger partial charge in [-0.25, -0.2) is 0 Å². The van der Waals surface area contributed by atoms with Gasteiger partial charge in [-0.3, -0.25) is 14.7 Å². The number of hydrogen-bond donors (Lipinski definition) is 1. The molecule has 29 heavy (non-hydrogen) atoms. The molecule has 0 spiro atoms. The van der Waals surface area contributed by atoms with Gasteiger partial charge in [-0.2, -0.15) is 0 Å². The van der Waals surface area contributed by atoms with Gasteiger partial charge in [0.15, 0.2) is 5.96 Å². The molecule has 0 aliphatic carbocycles. The van der Waals surface area contributed by atoms with Crippen LogP contribution < -0.4 is 5.32 Å². The SMILES string of the molecule is CCNC(=NCC(C)c1cccs1)N1CCN(C(C)C(=O)N2CCCC2)CC1.I. The van der Waals surface area contributed by atoms with E-state index in [1.165, 1.54) is 4.88 Å². The number of hydrogen-bond acceptors (Lipinski definition) is 4. The second-order valence-electron chi connectivity index (χ2n) is 7.84. The van der Waals surface area contributed by atoms with E-state index in [9.17, 15) is 4.79 Å². The molecule has 1 aromatic heterocycles. The van der Waals surface area contributed by atoms with Crippen LogP contribution in [0, 0.1) is 0 Å². The Kier molecular flexibility index (Phi) is 10.2. The van der Waals surface area contributed by atoms with Crippen molar-refractivity contribution in [3.63, 3.8) is 0 Å². The van der Waals surface area contributed by atoms with Gasteiger partial charge in [0, 0.05) is 56.6 Å². The summed E-state index contributed by atoms with van der Waals surface area (Å²) < 4.78 is 0. The van der Waals surface area contributed by atoms with E-state index in [-0.39, 0.29) is 30.0 Å². The van der Waals surface area contributed by atoms with Gasteiger partial charge in [0.2, 0.25) is 5.91 Å². The molecule has 1 amide bonds. The van der Waals surface area contributed by atoms with Gasteiger partial charge in [0.1, 0.15) is 0 Å². The zero-order valence-electron chi connectivity index (χ0n) is 18.0. The monoisotopic (exact) mass is 533 g/mol. The molecule has 6 nitrogen and oxygen atoms in total. The number of carbonyl (C=O) groups is 1. The van der Waals surface area contributed by atoms with Gasteiger partial charge in [-0.1, -0.05) is 13.0 Å². The molecule has 0 saturated carbocycles. The molecule has 2 fully saturated rings. The Labute approximate surface area is 196 Å². The molecular weight excluding hydrogens is 497 g/mol. The Morgan fingerprint density at radius 3 is 2.41 bits per heavy atom. The molecule has 2 unspecified atom stereocenters. The van der Waals surface area contributed by atoms with Crippen LogP contribution in [0.2, 0.25) is 0 Å². The number of likely N-dealkylation sites (tertiary alicyclic amines) is 1. The zero-order chi connectivity index (χ0) is 19.9. The van der Waals surface area contributed by atoms with Crippen molar-refractivity contribution in [3.05, 3.63) is 22.4 Å². The molecular formula is C21H36IN5OS. The van der Waals surface area contributed by atoms with E-state index in [0.717, 1.165) is 71.2 Å². The van der Waals surface area contributed by atoms with Crippen molar-refractivity contribution in [2.45, 2.75) is 45.6 Å². The second-order valence-corrected chi connectivity index (χ2v) is 8.82. The molecule has 2 atom stereocenters. The number of nitrogens with zero attached hydrogens (tertiary/aromatic N) is 4. The van der Waals surface area contributed by atoms with Crippen LogP contribution in [-0.4, -0.2) is 85.0 Å². The van der Waals surface area contributed by atoms with Crippen molar-refractivity contribution in [2.75, 3.05) is 52.4 Å². The summed E-state index contributed by atoms with van der Waals surface area (Å²) in [7, 11) is 0. The summed E-state index contributed by atoms with van der Waals surface area (Å²) in [6.07, 6.45) is 2.30. The fourth-order valence-corrected chi connectivity index (χ4v) is 4.77. The second kappa shape index (κ2) is 12.1. The fraction of sp³-hybridized carbons (Fsp3) is 0.714. The third-order valence-corrected chi connectivity index (χ3v) is 6.92. The lowest BCUT2D eigenvalue weighted by atomic mass is 10.1. The number of piperazine rings is 1. The predicted molar refractivity (Wildman–Crippen MR) is 133 cm³/mol. The maximum Gasteiger partial charge on any atom is 0.239 e. The first-order valence-electron chi connectivity index (χ1n) is 10.7. The minimum Gasteiger partial charge on any atom is -0.357 e. The normalized spacial score (nSPS) is 20.3. The van der Waals surface area contributed by atoms with Crippen molar-refractivity contribution >= 4 is 47.2 Å². The first-order chi connectivity index (χ1) is 13.6. The fourth-order valence-electron chi connectivity index (χ4n) is 3.99. The Hall–Kier alpha value is -0.870. The summed E-state index contributed by atoms with van der Waals surface area (Å²) in [5, 5.41) is 5.58. The Morgan fingerprint density at radius 2 is 1.83 bits per heavy atom. The van der Waals surface area contributed by atoms with Crippen LogP contribution in [0.15, 0.2) is 22.5 Å². The van der Waals surface area contributed by atoms with Gasteiger partial charge in [0.25, 0.3) is 0 Å². The average molecular weight is 534 g/mol. The first kappa shape index (κ1) is 24.4. The number of thiophene rings is 1. The van der Waals surface area contributed by atoms with Crippen LogP contribution >= 0.6 is 35.3 Å². The molecule has 1 aromatic rings. The van der Waals surface area contributed by atoms with E-state index in [4.69, 9.17) is 4.99 Å². The lowest BCUT2D eigenvalue weighted by molar-refractivity contribution is -0.135. The minimum absolute atomic E-state index is 0. The third kappa shape index (κ3) is 6.55.